The minimum absolute atomic E-state index is 0.540. The van der Waals surface area contributed by atoms with Crippen LogP contribution in [0.2, 0.25) is 0 Å². The summed E-state index contributed by atoms with van der Waals surface area (Å²) in [7, 11) is 0. The van der Waals surface area contributed by atoms with E-state index < -0.39 is 0 Å². The maximum atomic E-state index is 5.86. The lowest BCUT2D eigenvalue weighted by Crippen LogP contribution is -2.45. The molecule has 1 N–H and O–H groups in total. The lowest BCUT2D eigenvalue weighted by atomic mass is 9.94. The van der Waals surface area contributed by atoms with E-state index in [9.17, 15) is 0 Å². The molecular weight excluding hydrogens is 194 g/mol. The molecule has 3 rings (SSSR count). The van der Waals surface area contributed by atoms with Gasteiger partial charge in [0.15, 0.2) is 0 Å². The molecule has 0 radical (unpaired) electrons. The Morgan fingerprint density at radius 1 is 1.21 bits per heavy atom. The molecule has 0 aliphatic carbocycles. The normalized spacial score (nSPS) is 51.6. The Bertz CT molecular complexity index is 223. The van der Waals surface area contributed by atoms with Gasteiger partial charge in [-0.1, -0.05) is 6.92 Å². The van der Waals surface area contributed by atoms with Crippen molar-refractivity contribution in [2.24, 2.45) is 0 Å². The third-order valence-corrected chi connectivity index (χ3v) is 5.24. The zero-order valence-corrected chi connectivity index (χ0v) is 9.56. The van der Waals surface area contributed by atoms with Crippen molar-refractivity contribution in [2.45, 2.75) is 62.1 Å². The molecule has 14 heavy (non-hydrogen) atoms. The molecule has 80 valence electrons. The maximum Gasteiger partial charge on any atom is 0.0733 e. The fourth-order valence-corrected chi connectivity index (χ4v) is 4.25. The van der Waals surface area contributed by atoms with Crippen LogP contribution in [0, 0.1) is 0 Å². The van der Waals surface area contributed by atoms with Gasteiger partial charge in [-0.25, -0.2) is 0 Å². The van der Waals surface area contributed by atoms with Gasteiger partial charge in [-0.05, 0) is 31.4 Å². The quantitative estimate of drug-likeness (QED) is 0.755. The monoisotopic (exact) mass is 213 g/mol. The summed E-state index contributed by atoms with van der Waals surface area (Å²) in [5.41, 5.74) is 0. The van der Waals surface area contributed by atoms with Gasteiger partial charge in [-0.3, -0.25) is 0 Å². The Labute approximate surface area is 90.2 Å². The van der Waals surface area contributed by atoms with Crippen LogP contribution in [0.4, 0.5) is 0 Å². The standard InChI is InChI=1S/C11H19NOS/c1-7-9(4-5-14-7)12-10-6-8-2-3-11(10)13-8/h7-12H,2-6H2,1H3. The molecule has 0 aromatic heterocycles. The summed E-state index contributed by atoms with van der Waals surface area (Å²) in [5, 5.41) is 4.61. The molecule has 3 aliphatic rings. The first-order valence-corrected chi connectivity index (χ1v) is 6.91. The number of fused-ring (bicyclic) bond motifs is 2. The van der Waals surface area contributed by atoms with E-state index in [-0.39, 0.29) is 0 Å². The first-order chi connectivity index (χ1) is 6.83. The molecule has 0 amide bonds. The molecule has 0 saturated carbocycles. The fraction of sp³-hybridized carbons (Fsp3) is 1.00. The van der Waals surface area contributed by atoms with Crippen LogP contribution in [0.5, 0.6) is 0 Å². The number of thioether (sulfide) groups is 1. The van der Waals surface area contributed by atoms with Crippen molar-refractivity contribution in [3.63, 3.8) is 0 Å². The van der Waals surface area contributed by atoms with Gasteiger partial charge >= 0.3 is 0 Å². The predicted molar refractivity (Wildman–Crippen MR) is 59.8 cm³/mol. The summed E-state index contributed by atoms with van der Waals surface area (Å²) in [4.78, 5) is 0. The zero-order valence-electron chi connectivity index (χ0n) is 8.74. The number of ether oxygens (including phenoxy) is 1. The highest BCUT2D eigenvalue weighted by molar-refractivity contribution is 8.00. The smallest absolute Gasteiger partial charge is 0.0733 e. The van der Waals surface area contributed by atoms with Crippen LogP contribution in [0.25, 0.3) is 0 Å². The minimum atomic E-state index is 0.540. The highest BCUT2D eigenvalue weighted by atomic mass is 32.2. The van der Waals surface area contributed by atoms with Gasteiger partial charge < -0.3 is 10.1 Å². The topological polar surface area (TPSA) is 21.3 Å². The summed E-state index contributed by atoms with van der Waals surface area (Å²) < 4.78 is 5.86. The first-order valence-electron chi connectivity index (χ1n) is 5.86. The molecule has 3 heteroatoms. The molecule has 3 aliphatic heterocycles. The third-order valence-electron chi connectivity index (χ3n) is 3.91. The third kappa shape index (κ3) is 1.59. The van der Waals surface area contributed by atoms with E-state index in [0.29, 0.717) is 18.2 Å². The van der Waals surface area contributed by atoms with Crippen LogP contribution in [-0.4, -0.2) is 35.3 Å². The highest BCUT2D eigenvalue weighted by Gasteiger charge is 2.42. The molecular formula is C11H19NOS. The molecule has 0 aromatic carbocycles. The van der Waals surface area contributed by atoms with Crippen LogP contribution in [-0.2, 0) is 4.74 Å². The van der Waals surface area contributed by atoms with Gasteiger partial charge in [0.1, 0.15) is 0 Å². The predicted octanol–water partition coefficient (Wildman–Crippen LogP) is 1.79. The summed E-state index contributed by atoms with van der Waals surface area (Å²) in [6, 6.07) is 1.41. The number of hydrogen-bond acceptors (Lipinski definition) is 3. The summed E-state index contributed by atoms with van der Waals surface area (Å²) in [6.45, 7) is 2.35. The van der Waals surface area contributed by atoms with Gasteiger partial charge in [-0.15, -0.1) is 0 Å². The van der Waals surface area contributed by atoms with E-state index in [2.05, 4.69) is 24.0 Å². The Kier molecular flexibility index (Phi) is 2.50. The van der Waals surface area contributed by atoms with Crippen molar-refractivity contribution in [1.29, 1.82) is 0 Å². The Morgan fingerprint density at radius 2 is 2.14 bits per heavy atom. The number of hydrogen-bond donors (Lipinski definition) is 1. The van der Waals surface area contributed by atoms with E-state index in [4.69, 9.17) is 4.74 Å². The molecule has 3 heterocycles. The van der Waals surface area contributed by atoms with Crippen molar-refractivity contribution in [2.75, 3.05) is 5.75 Å². The van der Waals surface area contributed by atoms with Gasteiger partial charge in [0.05, 0.1) is 12.2 Å². The minimum Gasteiger partial charge on any atom is -0.373 e. The highest BCUT2D eigenvalue weighted by Crippen LogP contribution is 2.36. The van der Waals surface area contributed by atoms with Gasteiger partial charge in [0, 0.05) is 17.3 Å². The van der Waals surface area contributed by atoms with E-state index in [1.54, 1.807) is 0 Å². The molecule has 0 spiro atoms. The molecule has 3 fully saturated rings. The van der Waals surface area contributed by atoms with Crippen molar-refractivity contribution < 1.29 is 4.74 Å². The second kappa shape index (κ2) is 3.69. The zero-order chi connectivity index (χ0) is 9.54. The van der Waals surface area contributed by atoms with E-state index in [1.807, 2.05) is 0 Å². The van der Waals surface area contributed by atoms with Crippen LogP contribution in [0.3, 0.4) is 0 Å². The molecule has 3 saturated heterocycles. The largest absolute Gasteiger partial charge is 0.373 e. The summed E-state index contributed by atoms with van der Waals surface area (Å²) >= 11 is 2.11. The molecule has 2 bridgehead atoms. The van der Waals surface area contributed by atoms with Gasteiger partial charge in [0.2, 0.25) is 0 Å². The Hall–Kier alpha value is 0.270. The lowest BCUT2D eigenvalue weighted by molar-refractivity contribution is 0.0960. The number of rotatable bonds is 2. The Morgan fingerprint density at radius 3 is 2.71 bits per heavy atom. The molecule has 5 atom stereocenters. The number of nitrogens with one attached hydrogen (secondary N) is 1. The Balaban J connectivity index is 1.57. The van der Waals surface area contributed by atoms with Crippen LogP contribution in [0.1, 0.15) is 32.6 Å². The maximum absolute atomic E-state index is 5.86. The summed E-state index contributed by atoms with van der Waals surface area (Å²) in [5.74, 6) is 1.33. The second-order valence-electron chi connectivity index (χ2n) is 4.85. The molecule has 2 nitrogen and oxygen atoms in total. The van der Waals surface area contributed by atoms with Crippen LogP contribution in [0.15, 0.2) is 0 Å². The van der Waals surface area contributed by atoms with Gasteiger partial charge in [-0.2, -0.15) is 11.8 Å². The SMILES string of the molecule is CC1SCCC1NC1CC2CCC1O2. The van der Waals surface area contributed by atoms with Gasteiger partial charge in [0.25, 0.3) is 0 Å². The van der Waals surface area contributed by atoms with Crippen molar-refractivity contribution in [1.82, 2.24) is 5.32 Å². The van der Waals surface area contributed by atoms with Crippen molar-refractivity contribution in [3.05, 3.63) is 0 Å². The fourth-order valence-electron chi connectivity index (χ4n) is 3.04. The average Bonchev–Trinajstić information content (AvgIpc) is 2.83. The van der Waals surface area contributed by atoms with Crippen molar-refractivity contribution >= 4 is 11.8 Å². The van der Waals surface area contributed by atoms with E-state index in [0.717, 1.165) is 11.3 Å². The molecule has 0 aromatic rings. The van der Waals surface area contributed by atoms with E-state index >= 15 is 0 Å². The first kappa shape index (κ1) is 9.49. The van der Waals surface area contributed by atoms with Crippen LogP contribution < -0.4 is 5.32 Å². The average molecular weight is 213 g/mol. The van der Waals surface area contributed by atoms with Crippen molar-refractivity contribution in [3.8, 4) is 0 Å². The summed E-state index contributed by atoms with van der Waals surface area (Å²) in [6.07, 6.45) is 6.33. The molecule has 5 unspecified atom stereocenters. The van der Waals surface area contributed by atoms with Crippen LogP contribution >= 0.6 is 11.8 Å². The lowest BCUT2D eigenvalue weighted by Gasteiger charge is -2.26. The van der Waals surface area contributed by atoms with E-state index in [1.165, 1.54) is 31.4 Å². The second-order valence-corrected chi connectivity index (χ2v) is 6.34.